The van der Waals surface area contributed by atoms with Crippen molar-refractivity contribution < 1.29 is 18.7 Å². The van der Waals surface area contributed by atoms with Gasteiger partial charge in [-0.15, -0.1) is 0 Å². The van der Waals surface area contributed by atoms with Gasteiger partial charge in [-0.1, -0.05) is 41.4 Å². The number of nitrogens with one attached hydrogen (secondary N) is 1. The van der Waals surface area contributed by atoms with E-state index in [1.54, 1.807) is 19.1 Å². The number of Topliss-reactive ketones (excluding diaryl/α,β-unsaturated/α-hetero) is 1. The van der Waals surface area contributed by atoms with Crippen molar-refractivity contribution in [3.05, 3.63) is 103 Å². The highest BCUT2D eigenvalue weighted by molar-refractivity contribution is 6.31. The molecule has 5 rings (SSSR count). The Morgan fingerprint density at radius 3 is 2.60 bits per heavy atom. The van der Waals surface area contributed by atoms with Crippen LogP contribution in [-0.2, 0) is 14.3 Å². The number of allylic oxidation sites excluding steroid dienone is 3. The zero-order valence-corrected chi connectivity index (χ0v) is 20.4. The van der Waals surface area contributed by atoms with Gasteiger partial charge in [-0.2, -0.15) is 0 Å². The van der Waals surface area contributed by atoms with Crippen LogP contribution in [0.5, 0.6) is 0 Å². The first-order chi connectivity index (χ1) is 16.8. The van der Waals surface area contributed by atoms with Crippen molar-refractivity contribution in [1.82, 2.24) is 5.32 Å². The Labute approximate surface area is 207 Å². The van der Waals surface area contributed by atoms with Gasteiger partial charge in [0, 0.05) is 34.0 Å². The number of ketones is 1. The lowest BCUT2D eigenvalue weighted by molar-refractivity contribution is -0.136. The van der Waals surface area contributed by atoms with Crippen LogP contribution in [0.1, 0.15) is 48.3 Å². The molecule has 0 spiro atoms. The minimum Gasteiger partial charge on any atom is -0.466 e. The molecule has 1 aliphatic heterocycles. The Morgan fingerprint density at radius 2 is 1.86 bits per heavy atom. The largest absolute Gasteiger partial charge is 0.466 e. The summed E-state index contributed by atoms with van der Waals surface area (Å²) in [6, 6.07) is 12.8. The third-order valence-corrected chi connectivity index (χ3v) is 7.19. The molecule has 0 radical (unpaired) electrons. The van der Waals surface area contributed by atoms with Gasteiger partial charge in [0.05, 0.1) is 30.3 Å². The number of halogens is 1. The molecule has 3 aromatic rings. The minimum absolute atomic E-state index is 0.119. The predicted molar refractivity (Wildman–Crippen MR) is 133 cm³/mol. The Morgan fingerprint density at radius 1 is 1.09 bits per heavy atom. The van der Waals surface area contributed by atoms with Gasteiger partial charge >= 0.3 is 5.97 Å². The summed E-state index contributed by atoms with van der Waals surface area (Å²) in [5.74, 6) is -1.76. The van der Waals surface area contributed by atoms with Crippen LogP contribution in [0.4, 0.5) is 0 Å². The molecule has 1 aliphatic carbocycles. The summed E-state index contributed by atoms with van der Waals surface area (Å²) in [6.07, 6.45) is 2.10. The van der Waals surface area contributed by atoms with E-state index in [2.05, 4.69) is 5.32 Å². The lowest BCUT2D eigenvalue weighted by Gasteiger charge is -2.36. The number of benzene rings is 2. The number of aryl methyl sites for hydroxylation is 1. The quantitative estimate of drug-likeness (QED) is 0.503. The molecule has 2 atom stereocenters. The summed E-state index contributed by atoms with van der Waals surface area (Å²) >= 11 is 6.43. The highest BCUT2D eigenvalue weighted by Crippen LogP contribution is 2.46. The van der Waals surface area contributed by atoms with Crippen LogP contribution < -0.4 is 10.7 Å². The van der Waals surface area contributed by atoms with Crippen molar-refractivity contribution in [2.45, 2.75) is 38.5 Å². The van der Waals surface area contributed by atoms with Crippen LogP contribution in [0.15, 0.2) is 80.5 Å². The molecule has 0 unspecified atom stereocenters. The fraction of sp³-hybridized carbons (Fsp3) is 0.250. The molecule has 178 valence electrons. The monoisotopic (exact) mass is 489 g/mol. The molecule has 2 heterocycles. The Bertz CT molecular complexity index is 1510. The normalized spacial score (nSPS) is 20.1. The highest BCUT2D eigenvalue weighted by Gasteiger charge is 2.42. The van der Waals surface area contributed by atoms with Crippen LogP contribution in [0.3, 0.4) is 0 Å². The molecule has 2 aromatic carbocycles. The van der Waals surface area contributed by atoms with Gasteiger partial charge in [0.15, 0.2) is 11.2 Å². The van der Waals surface area contributed by atoms with Crippen LogP contribution >= 0.6 is 11.6 Å². The van der Waals surface area contributed by atoms with E-state index in [1.165, 1.54) is 13.4 Å². The first kappa shape index (κ1) is 23.1. The summed E-state index contributed by atoms with van der Waals surface area (Å²) < 4.78 is 10.9. The second-order valence-corrected chi connectivity index (χ2v) is 9.46. The average molecular weight is 490 g/mol. The molecular formula is C28H24ClNO5. The summed E-state index contributed by atoms with van der Waals surface area (Å²) in [6.45, 7) is 3.64. The molecule has 0 saturated heterocycles. The van der Waals surface area contributed by atoms with Gasteiger partial charge < -0.3 is 14.5 Å². The first-order valence-corrected chi connectivity index (χ1v) is 11.8. The van der Waals surface area contributed by atoms with Gasteiger partial charge in [-0.05, 0) is 49.9 Å². The molecule has 7 heteroatoms. The topological polar surface area (TPSA) is 85.6 Å². The van der Waals surface area contributed by atoms with Crippen LogP contribution in [0, 0.1) is 6.92 Å². The van der Waals surface area contributed by atoms with Gasteiger partial charge in [-0.3, -0.25) is 9.59 Å². The zero-order chi connectivity index (χ0) is 24.9. The van der Waals surface area contributed by atoms with Crippen molar-refractivity contribution in [2.75, 3.05) is 7.11 Å². The van der Waals surface area contributed by atoms with E-state index in [1.807, 2.05) is 37.3 Å². The molecule has 0 saturated carbocycles. The molecular weight excluding hydrogens is 466 g/mol. The average Bonchev–Trinajstić information content (AvgIpc) is 2.83. The maximum absolute atomic E-state index is 13.7. The summed E-state index contributed by atoms with van der Waals surface area (Å²) in [5.41, 5.74) is 4.07. The number of methoxy groups -OCH3 is 1. The standard InChI is InChI=1S/C28H24ClNO5/c1-14-8-9-23-18(10-14)27(32)19(13-35-23)25-24(28(33)34-3)15(2)30-21-11-16(12-22(31)26(21)25)17-6-4-5-7-20(17)29/h4-10,13,16,25,30H,11-12H2,1-3H3/t16-,25+/m0/s1. The second-order valence-electron chi connectivity index (χ2n) is 9.05. The number of hydrogen-bond donors (Lipinski definition) is 1. The predicted octanol–water partition coefficient (Wildman–Crippen LogP) is 5.29. The first-order valence-electron chi connectivity index (χ1n) is 11.4. The highest BCUT2D eigenvalue weighted by atomic mass is 35.5. The number of fused-ring (bicyclic) bond motifs is 1. The van der Waals surface area contributed by atoms with E-state index in [0.29, 0.717) is 39.4 Å². The van der Waals surface area contributed by atoms with E-state index >= 15 is 0 Å². The van der Waals surface area contributed by atoms with Crippen LogP contribution in [-0.4, -0.2) is 18.9 Å². The summed E-state index contributed by atoms with van der Waals surface area (Å²) in [5, 5.41) is 4.27. The van der Waals surface area contributed by atoms with E-state index in [0.717, 1.165) is 11.1 Å². The maximum Gasteiger partial charge on any atom is 0.336 e. The van der Waals surface area contributed by atoms with Crippen molar-refractivity contribution in [3.63, 3.8) is 0 Å². The molecule has 0 amide bonds. The zero-order valence-electron chi connectivity index (χ0n) is 19.6. The molecule has 0 bridgehead atoms. The number of carbonyl (C=O) groups excluding carboxylic acids is 2. The Balaban J connectivity index is 1.70. The number of hydrogen-bond acceptors (Lipinski definition) is 6. The van der Waals surface area contributed by atoms with E-state index in [9.17, 15) is 14.4 Å². The van der Waals surface area contributed by atoms with Crippen molar-refractivity contribution in [2.24, 2.45) is 0 Å². The van der Waals surface area contributed by atoms with Crippen LogP contribution in [0.25, 0.3) is 11.0 Å². The smallest absolute Gasteiger partial charge is 0.336 e. The maximum atomic E-state index is 13.7. The van der Waals surface area contributed by atoms with Gasteiger partial charge in [-0.25, -0.2) is 4.79 Å². The van der Waals surface area contributed by atoms with Gasteiger partial charge in [0.2, 0.25) is 0 Å². The number of rotatable bonds is 3. The lowest BCUT2D eigenvalue weighted by Crippen LogP contribution is -2.37. The van der Waals surface area contributed by atoms with E-state index < -0.39 is 11.9 Å². The van der Waals surface area contributed by atoms with Crippen molar-refractivity contribution in [3.8, 4) is 0 Å². The van der Waals surface area contributed by atoms with Crippen LogP contribution in [0.2, 0.25) is 5.02 Å². The van der Waals surface area contributed by atoms with Crippen molar-refractivity contribution in [1.29, 1.82) is 0 Å². The third kappa shape index (κ3) is 3.88. The number of ether oxygens (including phenoxy) is 1. The van der Waals surface area contributed by atoms with Crippen molar-refractivity contribution >= 4 is 34.3 Å². The molecule has 6 nitrogen and oxygen atoms in total. The second kappa shape index (κ2) is 8.86. The van der Waals surface area contributed by atoms with E-state index in [4.69, 9.17) is 20.8 Å². The fourth-order valence-electron chi connectivity index (χ4n) is 5.22. The molecule has 35 heavy (non-hydrogen) atoms. The van der Waals surface area contributed by atoms with Gasteiger partial charge in [0.1, 0.15) is 5.58 Å². The summed E-state index contributed by atoms with van der Waals surface area (Å²) in [7, 11) is 1.28. The number of esters is 1. The molecule has 2 aliphatic rings. The number of dihydropyridines is 1. The third-order valence-electron chi connectivity index (χ3n) is 6.84. The molecule has 0 fully saturated rings. The SMILES string of the molecule is COC(=O)C1=C(C)NC2=C(C(=O)C[C@@H](c3ccccc3Cl)C2)[C@@H]1c1coc2ccc(C)cc2c1=O. The Kier molecular flexibility index (Phi) is 5.85. The minimum atomic E-state index is -0.889. The number of carbonyl (C=O) groups is 2. The van der Waals surface area contributed by atoms with Gasteiger partial charge in [0.25, 0.3) is 0 Å². The van der Waals surface area contributed by atoms with E-state index in [-0.39, 0.29) is 34.7 Å². The summed E-state index contributed by atoms with van der Waals surface area (Å²) in [4.78, 5) is 40.2. The molecule has 1 aromatic heterocycles. The fourth-order valence-corrected chi connectivity index (χ4v) is 5.51. The Hall–Kier alpha value is -3.64. The molecule has 1 N–H and O–H groups in total. The lowest BCUT2D eigenvalue weighted by atomic mass is 9.72.